The fraction of sp³-hybridized carbons (Fsp3) is 0.111. The number of carbonyl (C=O) groups is 1. The summed E-state index contributed by atoms with van der Waals surface area (Å²) in [6, 6.07) is 21.1. The number of rotatable bonds is 2. The number of nitriles is 1. The van der Waals surface area contributed by atoms with Crippen LogP contribution in [-0.2, 0) is 9.53 Å². The van der Waals surface area contributed by atoms with Crippen LogP contribution in [0.2, 0.25) is 0 Å². The van der Waals surface area contributed by atoms with Gasteiger partial charge in [-0.2, -0.15) is 5.26 Å². The van der Waals surface area contributed by atoms with Gasteiger partial charge >= 0.3 is 5.97 Å². The molecule has 2 aromatic rings. The third-order valence-corrected chi connectivity index (χ3v) is 3.54. The Morgan fingerprint density at radius 1 is 1.00 bits per heavy atom. The standard InChI is InChI=1S/C18H13NO2/c19-12-16-15(13-7-3-1-4-8-13)11-17(20)21-18(16)14-9-5-2-6-10-14/h1-10,15H,11H2/t15-/m0/s1. The zero-order chi connectivity index (χ0) is 14.7. The molecule has 1 heterocycles. The summed E-state index contributed by atoms with van der Waals surface area (Å²) in [6.07, 6.45) is 0.198. The van der Waals surface area contributed by atoms with E-state index in [0.717, 1.165) is 11.1 Å². The molecule has 0 radical (unpaired) electrons. The summed E-state index contributed by atoms with van der Waals surface area (Å²) in [5.74, 6) is -0.169. The van der Waals surface area contributed by atoms with Gasteiger partial charge in [0.1, 0.15) is 0 Å². The average Bonchev–Trinajstić information content (AvgIpc) is 2.55. The minimum absolute atomic E-state index is 0.198. The van der Waals surface area contributed by atoms with Crippen molar-refractivity contribution in [1.29, 1.82) is 5.26 Å². The van der Waals surface area contributed by atoms with Gasteiger partial charge < -0.3 is 4.74 Å². The van der Waals surface area contributed by atoms with Crippen molar-refractivity contribution < 1.29 is 9.53 Å². The van der Waals surface area contributed by atoms with E-state index < -0.39 is 0 Å². The van der Waals surface area contributed by atoms with Crippen LogP contribution in [0.15, 0.2) is 66.2 Å². The van der Waals surface area contributed by atoms with E-state index in [0.29, 0.717) is 11.3 Å². The Morgan fingerprint density at radius 3 is 2.24 bits per heavy atom. The van der Waals surface area contributed by atoms with E-state index in [1.165, 1.54) is 0 Å². The number of carbonyl (C=O) groups excluding carboxylic acids is 1. The monoisotopic (exact) mass is 275 g/mol. The summed E-state index contributed by atoms with van der Waals surface area (Å²) in [6.45, 7) is 0. The lowest BCUT2D eigenvalue weighted by Gasteiger charge is -2.24. The third kappa shape index (κ3) is 2.56. The Kier molecular flexibility index (Phi) is 3.53. The van der Waals surface area contributed by atoms with Gasteiger partial charge in [-0.05, 0) is 5.56 Å². The van der Waals surface area contributed by atoms with Crippen LogP contribution in [0.3, 0.4) is 0 Å². The van der Waals surface area contributed by atoms with E-state index in [-0.39, 0.29) is 18.3 Å². The highest BCUT2D eigenvalue weighted by atomic mass is 16.5. The van der Waals surface area contributed by atoms with Crippen LogP contribution in [0.4, 0.5) is 0 Å². The van der Waals surface area contributed by atoms with Crippen molar-refractivity contribution >= 4 is 11.7 Å². The second kappa shape index (κ2) is 5.64. The maximum Gasteiger partial charge on any atom is 0.312 e. The summed E-state index contributed by atoms with van der Waals surface area (Å²) >= 11 is 0. The number of ether oxygens (including phenoxy) is 1. The fourth-order valence-corrected chi connectivity index (χ4v) is 2.54. The lowest BCUT2D eigenvalue weighted by Crippen LogP contribution is -2.19. The SMILES string of the molecule is N#CC1=C(c2ccccc2)OC(=O)C[C@H]1c1ccccc1. The number of allylic oxidation sites excluding steroid dienone is 1. The molecule has 0 fully saturated rings. The van der Waals surface area contributed by atoms with Crippen molar-refractivity contribution in [2.75, 3.05) is 0 Å². The molecule has 3 heteroatoms. The van der Waals surface area contributed by atoms with Gasteiger partial charge in [-0.3, -0.25) is 4.79 Å². The van der Waals surface area contributed by atoms with E-state index in [9.17, 15) is 10.1 Å². The van der Waals surface area contributed by atoms with Crippen molar-refractivity contribution in [3.63, 3.8) is 0 Å². The largest absolute Gasteiger partial charge is 0.425 e. The molecule has 0 bridgehead atoms. The first-order chi connectivity index (χ1) is 10.3. The Labute approximate surface area is 123 Å². The number of benzene rings is 2. The maximum atomic E-state index is 11.9. The molecule has 0 aliphatic carbocycles. The molecule has 0 N–H and O–H groups in total. The number of cyclic esters (lactones) is 1. The molecule has 0 saturated heterocycles. The molecule has 2 aromatic carbocycles. The molecule has 21 heavy (non-hydrogen) atoms. The first-order valence-electron chi connectivity index (χ1n) is 6.75. The molecular weight excluding hydrogens is 262 g/mol. The number of hydrogen-bond acceptors (Lipinski definition) is 3. The van der Waals surface area contributed by atoms with Gasteiger partial charge in [-0.25, -0.2) is 0 Å². The molecule has 1 atom stereocenters. The highest BCUT2D eigenvalue weighted by Gasteiger charge is 2.31. The van der Waals surface area contributed by atoms with Gasteiger partial charge in [0.05, 0.1) is 18.1 Å². The van der Waals surface area contributed by atoms with Crippen molar-refractivity contribution in [3.8, 4) is 6.07 Å². The van der Waals surface area contributed by atoms with Gasteiger partial charge in [0.15, 0.2) is 5.76 Å². The van der Waals surface area contributed by atoms with Crippen LogP contribution in [0.25, 0.3) is 5.76 Å². The summed E-state index contributed by atoms with van der Waals surface area (Å²) in [4.78, 5) is 11.9. The quantitative estimate of drug-likeness (QED) is 0.786. The Hall–Kier alpha value is -2.86. The topological polar surface area (TPSA) is 50.1 Å². The summed E-state index contributed by atoms with van der Waals surface area (Å²) < 4.78 is 5.35. The Morgan fingerprint density at radius 2 is 1.62 bits per heavy atom. The molecule has 3 rings (SSSR count). The molecule has 1 aliphatic rings. The van der Waals surface area contributed by atoms with E-state index >= 15 is 0 Å². The van der Waals surface area contributed by atoms with E-state index in [1.54, 1.807) is 0 Å². The lowest BCUT2D eigenvalue weighted by atomic mass is 9.85. The first kappa shape index (κ1) is 13.1. The predicted molar refractivity (Wildman–Crippen MR) is 78.9 cm³/mol. The maximum absolute atomic E-state index is 11.9. The zero-order valence-electron chi connectivity index (χ0n) is 11.3. The van der Waals surface area contributed by atoms with Gasteiger partial charge in [0.25, 0.3) is 0 Å². The molecule has 0 spiro atoms. The zero-order valence-corrected chi connectivity index (χ0v) is 11.3. The van der Waals surface area contributed by atoms with E-state index in [2.05, 4.69) is 6.07 Å². The van der Waals surface area contributed by atoms with E-state index in [1.807, 2.05) is 60.7 Å². The summed E-state index contributed by atoms with van der Waals surface area (Å²) in [7, 11) is 0. The van der Waals surface area contributed by atoms with Crippen molar-refractivity contribution in [1.82, 2.24) is 0 Å². The highest BCUT2D eigenvalue weighted by molar-refractivity contribution is 5.85. The molecule has 0 saturated carbocycles. The molecular formula is C18H13NO2. The van der Waals surface area contributed by atoms with E-state index in [4.69, 9.17) is 4.74 Å². The van der Waals surface area contributed by atoms with Crippen LogP contribution in [0, 0.1) is 11.3 Å². The third-order valence-electron chi connectivity index (χ3n) is 3.54. The van der Waals surface area contributed by atoms with Crippen molar-refractivity contribution in [2.45, 2.75) is 12.3 Å². The Bertz CT molecular complexity index is 727. The van der Waals surface area contributed by atoms with Gasteiger partial charge in [0, 0.05) is 11.5 Å². The second-order valence-corrected chi connectivity index (χ2v) is 4.86. The molecule has 3 nitrogen and oxygen atoms in total. The summed E-state index contributed by atoms with van der Waals surface area (Å²) in [5.41, 5.74) is 2.22. The highest BCUT2D eigenvalue weighted by Crippen LogP contribution is 2.38. The minimum atomic E-state index is -0.304. The molecule has 1 aliphatic heterocycles. The number of esters is 1. The normalized spacial score (nSPS) is 18.0. The molecule has 102 valence electrons. The van der Waals surface area contributed by atoms with Crippen LogP contribution in [0.5, 0.6) is 0 Å². The fourth-order valence-electron chi connectivity index (χ4n) is 2.54. The number of nitrogens with zero attached hydrogens (tertiary/aromatic N) is 1. The van der Waals surface area contributed by atoms with Crippen molar-refractivity contribution in [3.05, 3.63) is 77.4 Å². The van der Waals surface area contributed by atoms with Crippen molar-refractivity contribution in [2.24, 2.45) is 0 Å². The van der Waals surface area contributed by atoms with Crippen LogP contribution in [0.1, 0.15) is 23.5 Å². The number of hydrogen-bond donors (Lipinski definition) is 0. The van der Waals surface area contributed by atoms with Crippen LogP contribution in [-0.4, -0.2) is 5.97 Å². The first-order valence-corrected chi connectivity index (χ1v) is 6.75. The van der Waals surface area contributed by atoms with Crippen LogP contribution < -0.4 is 0 Å². The van der Waals surface area contributed by atoms with Gasteiger partial charge in [-0.1, -0.05) is 60.7 Å². The second-order valence-electron chi connectivity index (χ2n) is 4.86. The predicted octanol–water partition coefficient (Wildman–Crippen LogP) is 3.65. The smallest absolute Gasteiger partial charge is 0.312 e. The average molecular weight is 275 g/mol. The van der Waals surface area contributed by atoms with Gasteiger partial charge in [-0.15, -0.1) is 0 Å². The van der Waals surface area contributed by atoms with Gasteiger partial charge in [0.2, 0.25) is 0 Å². The minimum Gasteiger partial charge on any atom is -0.425 e. The Balaban J connectivity index is 2.14. The summed E-state index contributed by atoms with van der Waals surface area (Å²) in [5, 5.41) is 9.54. The molecule has 0 amide bonds. The molecule has 0 aromatic heterocycles. The molecule has 0 unspecified atom stereocenters. The lowest BCUT2D eigenvalue weighted by molar-refractivity contribution is -0.137. The van der Waals surface area contributed by atoms with Crippen LogP contribution >= 0.6 is 0 Å².